The molecule has 1 aliphatic carbocycles. The van der Waals surface area contributed by atoms with Crippen molar-refractivity contribution in [2.45, 2.75) is 24.7 Å². The van der Waals surface area contributed by atoms with E-state index in [0.29, 0.717) is 25.6 Å². The standard InChI is InChI=1S/C23H27FN4O2/c1-25-22(27-16-23(11-12-23)17-7-2-3-8-18(17)24)26-13-6-14-28-19-9-4-5-10-20(19)30-15-21(28)29/h2-5,7-10H,6,11-16H2,1H3,(H2,25,26,27). The topological polar surface area (TPSA) is 66.0 Å². The van der Waals surface area contributed by atoms with Gasteiger partial charge in [-0.25, -0.2) is 4.39 Å². The fourth-order valence-electron chi connectivity index (χ4n) is 3.90. The number of benzene rings is 2. The molecule has 0 aromatic heterocycles. The van der Waals surface area contributed by atoms with Crippen molar-refractivity contribution in [3.63, 3.8) is 0 Å². The van der Waals surface area contributed by atoms with Crippen LogP contribution in [-0.4, -0.2) is 45.2 Å². The van der Waals surface area contributed by atoms with Crippen molar-refractivity contribution >= 4 is 17.6 Å². The van der Waals surface area contributed by atoms with Crippen LogP contribution in [0.4, 0.5) is 10.1 Å². The molecule has 7 heteroatoms. The molecule has 0 bridgehead atoms. The van der Waals surface area contributed by atoms with Gasteiger partial charge >= 0.3 is 0 Å². The van der Waals surface area contributed by atoms with E-state index in [1.54, 1.807) is 18.0 Å². The Morgan fingerprint density at radius 3 is 2.70 bits per heavy atom. The second-order valence-corrected chi connectivity index (χ2v) is 7.77. The molecule has 6 nitrogen and oxygen atoms in total. The van der Waals surface area contributed by atoms with Gasteiger partial charge in [-0.1, -0.05) is 30.3 Å². The molecule has 0 radical (unpaired) electrons. The fourth-order valence-corrected chi connectivity index (χ4v) is 3.90. The summed E-state index contributed by atoms with van der Waals surface area (Å²) in [7, 11) is 1.72. The van der Waals surface area contributed by atoms with Gasteiger partial charge < -0.3 is 20.3 Å². The second-order valence-electron chi connectivity index (χ2n) is 7.77. The highest BCUT2D eigenvalue weighted by Crippen LogP contribution is 2.48. The quantitative estimate of drug-likeness (QED) is 0.419. The molecule has 1 fully saturated rings. The molecule has 1 aliphatic heterocycles. The summed E-state index contributed by atoms with van der Waals surface area (Å²) in [4.78, 5) is 18.3. The van der Waals surface area contributed by atoms with Crippen LogP contribution in [-0.2, 0) is 10.2 Å². The average Bonchev–Trinajstić information content (AvgIpc) is 3.55. The zero-order chi connectivity index (χ0) is 21.0. The molecule has 1 amide bonds. The average molecular weight is 410 g/mol. The summed E-state index contributed by atoms with van der Waals surface area (Å²) in [5, 5.41) is 6.62. The van der Waals surface area contributed by atoms with Gasteiger partial charge in [0.1, 0.15) is 11.6 Å². The normalized spacial score (nSPS) is 17.2. The number of para-hydroxylation sites is 2. The summed E-state index contributed by atoms with van der Waals surface area (Å²) >= 11 is 0. The number of anilines is 1. The van der Waals surface area contributed by atoms with Crippen molar-refractivity contribution in [2.75, 3.05) is 38.2 Å². The van der Waals surface area contributed by atoms with E-state index in [1.807, 2.05) is 36.4 Å². The largest absolute Gasteiger partial charge is 0.482 e. The number of fused-ring (bicyclic) bond motifs is 1. The molecule has 2 N–H and O–H groups in total. The van der Waals surface area contributed by atoms with Crippen LogP contribution in [0, 0.1) is 5.82 Å². The Kier molecular flexibility index (Phi) is 5.88. The van der Waals surface area contributed by atoms with Crippen molar-refractivity contribution in [1.29, 1.82) is 0 Å². The van der Waals surface area contributed by atoms with Crippen LogP contribution < -0.4 is 20.3 Å². The first kappa shape index (κ1) is 20.2. The van der Waals surface area contributed by atoms with Gasteiger partial charge in [0.15, 0.2) is 12.6 Å². The van der Waals surface area contributed by atoms with Gasteiger partial charge in [0.05, 0.1) is 5.69 Å². The zero-order valence-electron chi connectivity index (χ0n) is 17.2. The molecule has 1 heterocycles. The van der Waals surface area contributed by atoms with E-state index in [9.17, 15) is 9.18 Å². The summed E-state index contributed by atoms with van der Waals surface area (Å²) in [5.41, 5.74) is 1.45. The lowest BCUT2D eigenvalue weighted by molar-refractivity contribution is -0.121. The van der Waals surface area contributed by atoms with Crippen molar-refractivity contribution in [2.24, 2.45) is 4.99 Å². The first-order valence-electron chi connectivity index (χ1n) is 10.3. The molecule has 0 saturated heterocycles. The first-order valence-corrected chi connectivity index (χ1v) is 10.3. The van der Waals surface area contributed by atoms with E-state index in [1.165, 1.54) is 6.07 Å². The third kappa shape index (κ3) is 4.25. The molecule has 2 aliphatic rings. The molecule has 4 rings (SSSR count). The summed E-state index contributed by atoms with van der Waals surface area (Å²) in [6.07, 6.45) is 2.70. The number of guanidine groups is 1. The van der Waals surface area contributed by atoms with E-state index >= 15 is 0 Å². The highest BCUT2D eigenvalue weighted by atomic mass is 19.1. The smallest absolute Gasteiger partial charge is 0.265 e. The molecule has 0 unspecified atom stereocenters. The number of hydrogen-bond acceptors (Lipinski definition) is 3. The highest BCUT2D eigenvalue weighted by Gasteiger charge is 2.45. The molecular formula is C23H27FN4O2. The number of nitrogens with one attached hydrogen (secondary N) is 2. The molecule has 0 spiro atoms. The molecule has 158 valence electrons. The lowest BCUT2D eigenvalue weighted by Gasteiger charge is -2.29. The van der Waals surface area contributed by atoms with Gasteiger partial charge in [-0.15, -0.1) is 0 Å². The van der Waals surface area contributed by atoms with Gasteiger partial charge in [-0.3, -0.25) is 9.79 Å². The van der Waals surface area contributed by atoms with Crippen molar-refractivity contribution in [3.05, 3.63) is 59.9 Å². The number of ether oxygens (including phenoxy) is 1. The number of aliphatic imine (C=N–C) groups is 1. The number of amides is 1. The Hall–Kier alpha value is -3.09. The second kappa shape index (κ2) is 8.73. The van der Waals surface area contributed by atoms with E-state index in [-0.39, 0.29) is 23.7 Å². The van der Waals surface area contributed by atoms with E-state index in [0.717, 1.165) is 36.3 Å². The Morgan fingerprint density at radius 1 is 1.17 bits per heavy atom. The molecular weight excluding hydrogens is 383 g/mol. The summed E-state index contributed by atoms with van der Waals surface area (Å²) in [6, 6.07) is 14.6. The Bertz CT molecular complexity index is 942. The van der Waals surface area contributed by atoms with Gasteiger partial charge in [-0.05, 0) is 43.0 Å². The molecule has 2 aromatic carbocycles. The maximum absolute atomic E-state index is 14.2. The first-order chi connectivity index (χ1) is 14.6. The van der Waals surface area contributed by atoms with Crippen LogP contribution >= 0.6 is 0 Å². The van der Waals surface area contributed by atoms with Crippen LogP contribution in [0.2, 0.25) is 0 Å². The minimum atomic E-state index is -0.146. The Labute approximate surface area is 176 Å². The molecule has 1 saturated carbocycles. The lowest BCUT2D eigenvalue weighted by Crippen LogP contribution is -2.43. The molecule has 0 atom stereocenters. The predicted molar refractivity (Wildman–Crippen MR) is 116 cm³/mol. The fraction of sp³-hybridized carbons (Fsp3) is 0.391. The van der Waals surface area contributed by atoms with Crippen molar-refractivity contribution in [3.8, 4) is 5.75 Å². The van der Waals surface area contributed by atoms with Crippen LogP contribution in [0.5, 0.6) is 5.75 Å². The number of rotatable bonds is 7. The van der Waals surface area contributed by atoms with Crippen LogP contribution in [0.25, 0.3) is 0 Å². The summed E-state index contributed by atoms with van der Waals surface area (Å²) in [5.74, 6) is 1.25. The number of hydrogen-bond donors (Lipinski definition) is 2. The third-order valence-corrected chi connectivity index (χ3v) is 5.78. The van der Waals surface area contributed by atoms with Gasteiger partial charge in [0, 0.05) is 32.1 Å². The summed E-state index contributed by atoms with van der Waals surface area (Å²) in [6.45, 7) is 1.98. The lowest BCUT2D eigenvalue weighted by atomic mass is 9.95. The number of halogens is 1. The molecule has 2 aromatic rings. The van der Waals surface area contributed by atoms with Crippen LogP contribution in [0.1, 0.15) is 24.8 Å². The SMILES string of the molecule is CN=C(NCCCN1C(=O)COc2ccccc21)NCC1(c2ccccc2F)CC1. The van der Waals surface area contributed by atoms with Crippen molar-refractivity contribution in [1.82, 2.24) is 10.6 Å². The van der Waals surface area contributed by atoms with Gasteiger partial charge in [0.2, 0.25) is 0 Å². The monoisotopic (exact) mass is 410 g/mol. The Balaban J connectivity index is 1.26. The zero-order valence-corrected chi connectivity index (χ0v) is 17.2. The van der Waals surface area contributed by atoms with Crippen LogP contribution in [0.15, 0.2) is 53.5 Å². The minimum absolute atomic E-state index is 0.0308. The minimum Gasteiger partial charge on any atom is -0.482 e. The summed E-state index contributed by atoms with van der Waals surface area (Å²) < 4.78 is 19.7. The highest BCUT2D eigenvalue weighted by molar-refractivity contribution is 5.97. The van der Waals surface area contributed by atoms with E-state index < -0.39 is 0 Å². The van der Waals surface area contributed by atoms with Gasteiger partial charge in [0.25, 0.3) is 5.91 Å². The molecule has 30 heavy (non-hydrogen) atoms. The maximum atomic E-state index is 14.2. The van der Waals surface area contributed by atoms with E-state index in [4.69, 9.17) is 4.74 Å². The van der Waals surface area contributed by atoms with Gasteiger partial charge in [-0.2, -0.15) is 0 Å². The maximum Gasteiger partial charge on any atom is 0.265 e. The number of carbonyl (C=O) groups is 1. The Morgan fingerprint density at radius 2 is 1.93 bits per heavy atom. The predicted octanol–water partition coefficient (Wildman–Crippen LogP) is 2.84. The van der Waals surface area contributed by atoms with Crippen LogP contribution in [0.3, 0.4) is 0 Å². The third-order valence-electron chi connectivity index (χ3n) is 5.78. The number of nitrogens with zero attached hydrogens (tertiary/aromatic N) is 2. The number of carbonyl (C=O) groups excluding carboxylic acids is 1. The van der Waals surface area contributed by atoms with Crippen molar-refractivity contribution < 1.29 is 13.9 Å². The van der Waals surface area contributed by atoms with E-state index in [2.05, 4.69) is 15.6 Å².